The van der Waals surface area contributed by atoms with E-state index in [1.54, 1.807) is 7.11 Å². The van der Waals surface area contributed by atoms with Gasteiger partial charge in [-0.15, -0.1) is 24.8 Å². The third kappa shape index (κ3) is 8.13. The fourth-order valence-electron chi connectivity index (χ4n) is 5.43. The molecular weight excluding hydrogens is 463 g/mol. The predicted molar refractivity (Wildman–Crippen MR) is 137 cm³/mol. The van der Waals surface area contributed by atoms with Gasteiger partial charge in [0.15, 0.2) is 11.5 Å². The molecule has 3 heterocycles. The van der Waals surface area contributed by atoms with Crippen LogP contribution in [0.1, 0.15) is 31.2 Å². The molecule has 1 aromatic carbocycles. The average Bonchev–Trinajstić information content (AvgIpc) is 2.79. The number of nitrogens with one attached hydrogen (secondary N) is 2. The minimum Gasteiger partial charge on any atom is -0.493 e. The Balaban J connectivity index is 0.00000193. The van der Waals surface area contributed by atoms with E-state index in [-0.39, 0.29) is 31.4 Å². The first-order valence-corrected chi connectivity index (χ1v) is 12.0. The van der Waals surface area contributed by atoms with Crippen molar-refractivity contribution in [1.29, 1.82) is 0 Å². The number of ether oxygens (including phenoxy) is 2. The lowest BCUT2D eigenvalue weighted by atomic mass is 9.73. The van der Waals surface area contributed by atoms with Gasteiger partial charge in [-0.25, -0.2) is 0 Å². The first-order chi connectivity index (χ1) is 15.2. The zero-order valence-electron chi connectivity index (χ0n) is 19.9. The molecule has 1 atom stereocenters. The van der Waals surface area contributed by atoms with E-state index in [4.69, 9.17) is 9.47 Å². The van der Waals surface area contributed by atoms with Crippen LogP contribution < -0.4 is 20.1 Å². The van der Waals surface area contributed by atoms with E-state index in [0.717, 1.165) is 51.6 Å². The molecule has 1 aromatic rings. The number of benzene rings is 1. The molecule has 3 aliphatic rings. The van der Waals surface area contributed by atoms with Crippen LogP contribution in [0.15, 0.2) is 18.2 Å². The van der Waals surface area contributed by atoms with Crippen molar-refractivity contribution in [3.63, 3.8) is 0 Å². The van der Waals surface area contributed by atoms with Crippen molar-refractivity contribution in [3.8, 4) is 11.5 Å². The van der Waals surface area contributed by atoms with Gasteiger partial charge in [-0.1, -0.05) is 6.07 Å². The Labute approximate surface area is 211 Å². The monoisotopic (exact) mass is 504 g/mol. The number of hydrogen-bond acceptors (Lipinski definition) is 7. The summed E-state index contributed by atoms with van der Waals surface area (Å²) >= 11 is 0. The maximum Gasteiger partial charge on any atom is 0.161 e. The first-order valence-electron chi connectivity index (χ1n) is 12.0. The van der Waals surface area contributed by atoms with E-state index >= 15 is 0 Å². The van der Waals surface area contributed by atoms with Crippen LogP contribution in [0, 0.1) is 5.41 Å². The van der Waals surface area contributed by atoms with Crippen molar-refractivity contribution >= 4 is 24.8 Å². The summed E-state index contributed by atoms with van der Waals surface area (Å²) in [5.41, 5.74) is 1.77. The van der Waals surface area contributed by atoms with E-state index in [1.807, 2.05) is 6.07 Å². The van der Waals surface area contributed by atoms with Gasteiger partial charge in [0.1, 0.15) is 12.7 Å². The SMILES string of the molecule is COc1cc(CN2CCCC3(CCNCC3)C2)ccc1OCC(O)CN1CCNCC1.Cl.Cl. The maximum atomic E-state index is 10.4. The minimum absolute atomic E-state index is 0. The molecule has 7 nitrogen and oxygen atoms in total. The van der Waals surface area contributed by atoms with Crippen molar-refractivity contribution in [2.45, 2.75) is 38.3 Å². The third-order valence-corrected chi connectivity index (χ3v) is 7.15. The second kappa shape index (κ2) is 13.9. The molecule has 1 spiro atoms. The number of nitrogens with zero attached hydrogens (tertiary/aromatic N) is 2. The second-order valence-corrected chi connectivity index (χ2v) is 9.56. The number of piperazine rings is 1. The standard InChI is InChI=1S/C24H40N4O3.2ClH/c1-30-23-15-20(16-28-12-2-5-24(19-28)6-8-25-9-7-24)3-4-22(23)31-18-21(29)17-27-13-10-26-11-14-27;;/h3-4,15,21,25-26,29H,2,5-14,16-19H2,1H3;2*1H. The molecule has 9 heteroatoms. The summed E-state index contributed by atoms with van der Waals surface area (Å²) in [6, 6.07) is 6.24. The van der Waals surface area contributed by atoms with Crippen molar-refractivity contribution in [2.24, 2.45) is 5.41 Å². The zero-order chi connectivity index (χ0) is 21.5. The van der Waals surface area contributed by atoms with Crippen LogP contribution in [0.4, 0.5) is 0 Å². The molecule has 3 N–H and O–H groups in total. The van der Waals surface area contributed by atoms with Gasteiger partial charge in [0.2, 0.25) is 0 Å². The largest absolute Gasteiger partial charge is 0.493 e. The number of aliphatic hydroxyl groups is 1. The Hall–Kier alpha value is -0.800. The number of likely N-dealkylation sites (tertiary alicyclic amines) is 1. The van der Waals surface area contributed by atoms with Gasteiger partial charge in [-0.05, 0) is 68.4 Å². The number of halogens is 2. The summed E-state index contributed by atoms with van der Waals surface area (Å²) in [5.74, 6) is 1.46. The van der Waals surface area contributed by atoms with E-state index < -0.39 is 6.10 Å². The van der Waals surface area contributed by atoms with E-state index in [9.17, 15) is 5.11 Å². The van der Waals surface area contributed by atoms with Crippen LogP contribution in [0.3, 0.4) is 0 Å². The van der Waals surface area contributed by atoms with E-state index in [0.29, 0.717) is 17.7 Å². The number of rotatable bonds is 8. The molecule has 3 fully saturated rings. The highest BCUT2D eigenvalue weighted by Gasteiger charge is 2.36. The quantitative estimate of drug-likeness (QED) is 0.500. The Bertz CT molecular complexity index is 695. The van der Waals surface area contributed by atoms with Gasteiger partial charge in [0.05, 0.1) is 7.11 Å². The minimum atomic E-state index is -0.503. The van der Waals surface area contributed by atoms with Gasteiger partial charge >= 0.3 is 0 Å². The van der Waals surface area contributed by atoms with Crippen LogP contribution in [0.5, 0.6) is 11.5 Å². The number of hydrogen-bond donors (Lipinski definition) is 3. The number of β-amino-alcohol motifs (C(OH)–C–C–N with tert-alkyl or cyclic N) is 1. The molecule has 3 saturated heterocycles. The highest BCUT2D eigenvalue weighted by Crippen LogP contribution is 2.38. The van der Waals surface area contributed by atoms with Crippen LogP contribution >= 0.6 is 24.8 Å². The Kier molecular flexibility index (Phi) is 12.0. The lowest BCUT2D eigenvalue weighted by molar-refractivity contribution is 0.0550. The summed E-state index contributed by atoms with van der Waals surface area (Å²) in [5, 5.41) is 17.2. The van der Waals surface area contributed by atoms with Gasteiger partial charge in [0.25, 0.3) is 0 Å². The summed E-state index contributed by atoms with van der Waals surface area (Å²) < 4.78 is 11.5. The Morgan fingerprint density at radius 3 is 2.42 bits per heavy atom. The molecule has 3 aliphatic heterocycles. The Morgan fingerprint density at radius 2 is 1.70 bits per heavy atom. The molecule has 1 unspecified atom stereocenters. The second-order valence-electron chi connectivity index (χ2n) is 9.56. The van der Waals surface area contributed by atoms with E-state index in [2.05, 4.69) is 32.6 Å². The molecule has 0 aliphatic carbocycles. The Morgan fingerprint density at radius 1 is 0.970 bits per heavy atom. The average molecular weight is 506 g/mol. The van der Waals surface area contributed by atoms with Gasteiger partial charge in [0, 0.05) is 45.8 Å². The van der Waals surface area contributed by atoms with Crippen LogP contribution in [-0.4, -0.2) is 93.6 Å². The molecule has 0 bridgehead atoms. The molecule has 4 rings (SSSR count). The molecule has 0 aromatic heterocycles. The molecule has 0 saturated carbocycles. The highest BCUT2D eigenvalue weighted by atomic mass is 35.5. The van der Waals surface area contributed by atoms with Crippen molar-refractivity contribution in [1.82, 2.24) is 20.4 Å². The molecular formula is C24H42Cl2N4O3. The van der Waals surface area contributed by atoms with Crippen molar-refractivity contribution in [3.05, 3.63) is 23.8 Å². The maximum absolute atomic E-state index is 10.4. The fraction of sp³-hybridized carbons (Fsp3) is 0.750. The summed E-state index contributed by atoms with van der Waals surface area (Å²) in [4.78, 5) is 4.89. The molecule has 190 valence electrons. The smallest absolute Gasteiger partial charge is 0.161 e. The number of aliphatic hydroxyl groups excluding tert-OH is 1. The van der Waals surface area contributed by atoms with Gasteiger partial charge < -0.3 is 25.2 Å². The topological polar surface area (TPSA) is 69.2 Å². The number of methoxy groups -OCH3 is 1. The highest BCUT2D eigenvalue weighted by molar-refractivity contribution is 5.85. The lowest BCUT2D eigenvalue weighted by Crippen LogP contribution is -2.48. The van der Waals surface area contributed by atoms with Crippen LogP contribution in [-0.2, 0) is 6.54 Å². The van der Waals surface area contributed by atoms with Crippen LogP contribution in [0.2, 0.25) is 0 Å². The van der Waals surface area contributed by atoms with Crippen LogP contribution in [0.25, 0.3) is 0 Å². The van der Waals surface area contributed by atoms with Gasteiger partial charge in [-0.3, -0.25) is 9.80 Å². The van der Waals surface area contributed by atoms with Crippen molar-refractivity contribution < 1.29 is 14.6 Å². The molecule has 0 amide bonds. The predicted octanol–water partition coefficient (Wildman–Crippen LogP) is 2.15. The summed E-state index contributed by atoms with van der Waals surface area (Å²) in [6.45, 7) is 10.5. The number of piperidine rings is 2. The van der Waals surface area contributed by atoms with Gasteiger partial charge in [-0.2, -0.15) is 0 Å². The fourth-order valence-corrected chi connectivity index (χ4v) is 5.43. The van der Waals surface area contributed by atoms with E-state index in [1.165, 1.54) is 44.3 Å². The third-order valence-electron chi connectivity index (χ3n) is 7.15. The lowest BCUT2D eigenvalue weighted by Gasteiger charge is -2.45. The molecule has 0 radical (unpaired) electrons. The first kappa shape index (κ1) is 28.4. The normalized spacial score (nSPS) is 22.1. The molecule has 33 heavy (non-hydrogen) atoms. The van der Waals surface area contributed by atoms with Crippen molar-refractivity contribution in [2.75, 3.05) is 72.6 Å². The summed E-state index contributed by atoms with van der Waals surface area (Å²) in [7, 11) is 1.69. The summed E-state index contributed by atoms with van der Waals surface area (Å²) in [6.07, 6.45) is 4.77. The zero-order valence-corrected chi connectivity index (χ0v) is 21.5.